The number of likely N-dealkylation sites (N-methyl/N-ethyl adjacent to an activating group) is 1. The van der Waals surface area contributed by atoms with Gasteiger partial charge < -0.3 is 19.7 Å². The van der Waals surface area contributed by atoms with Crippen LogP contribution < -0.4 is 0 Å². The number of hydrogen-bond acceptors (Lipinski definition) is 3. The van der Waals surface area contributed by atoms with E-state index >= 15 is 0 Å². The molecule has 1 rings (SSSR count). The number of halogens is 2. The van der Waals surface area contributed by atoms with E-state index in [-0.39, 0.29) is 25.4 Å². The number of benzene rings is 1. The van der Waals surface area contributed by atoms with E-state index in [2.05, 4.69) is 0 Å². The number of nitrogens with zero attached hydrogens (tertiary/aromatic N) is 2. The highest BCUT2D eigenvalue weighted by molar-refractivity contribution is 6.42. The lowest BCUT2D eigenvalue weighted by Crippen LogP contribution is -2.55. The Morgan fingerprint density at radius 3 is 2.18 bits per heavy atom. The molecule has 1 aromatic carbocycles. The molecule has 0 aliphatic carbocycles. The fourth-order valence-electron chi connectivity index (χ4n) is 3.17. The first kappa shape index (κ1) is 24.2. The summed E-state index contributed by atoms with van der Waals surface area (Å²) < 4.78 is 0. The summed E-state index contributed by atoms with van der Waals surface area (Å²) in [5.41, 5.74) is -1.02. The van der Waals surface area contributed by atoms with Crippen molar-refractivity contribution in [3.8, 4) is 0 Å². The van der Waals surface area contributed by atoms with Gasteiger partial charge in [-0.15, -0.1) is 0 Å². The number of hydrogen-bond donors (Lipinski definition) is 1. The minimum absolute atomic E-state index is 0.0177. The van der Waals surface area contributed by atoms with Crippen molar-refractivity contribution in [3.05, 3.63) is 33.8 Å². The zero-order valence-electron chi connectivity index (χ0n) is 17.0. The summed E-state index contributed by atoms with van der Waals surface area (Å²) in [7, 11) is 1.64. The third-order valence-corrected chi connectivity index (χ3v) is 5.51. The average Bonchev–Trinajstić information content (AvgIpc) is 2.59. The second-order valence-corrected chi connectivity index (χ2v) is 8.74. The van der Waals surface area contributed by atoms with Gasteiger partial charge in [-0.3, -0.25) is 4.79 Å². The zero-order valence-corrected chi connectivity index (χ0v) is 18.5. The van der Waals surface area contributed by atoms with Crippen molar-refractivity contribution in [2.75, 3.05) is 20.1 Å². The molecular formula is C20H28Cl2N2O4. The molecule has 8 heteroatoms. The molecule has 0 radical (unpaired) electrons. The summed E-state index contributed by atoms with van der Waals surface area (Å²) >= 11 is 12.2. The third-order valence-electron chi connectivity index (χ3n) is 4.78. The van der Waals surface area contributed by atoms with Crippen LogP contribution in [0.1, 0.15) is 46.1 Å². The van der Waals surface area contributed by atoms with E-state index in [0.717, 1.165) is 6.29 Å². The van der Waals surface area contributed by atoms with Crippen LogP contribution in [0.3, 0.4) is 0 Å². The molecule has 1 aromatic rings. The fourth-order valence-corrected chi connectivity index (χ4v) is 3.47. The second-order valence-electron chi connectivity index (χ2n) is 7.92. The Balaban J connectivity index is 3.59. The quantitative estimate of drug-likeness (QED) is 0.617. The van der Waals surface area contributed by atoms with Crippen LogP contribution in [-0.4, -0.2) is 58.9 Å². The molecular weight excluding hydrogens is 403 g/mol. The Kier molecular flexibility index (Phi) is 8.32. The molecule has 0 fully saturated rings. The summed E-state index contributed by atoms with van der Waals surface area (Å²) in [5.74, 6) is -0.104. The smallest absolute Gasteiger partial charge is 0.407 e. The summed E-state index contributed by atoms with van der Waals surface area (Å²) in [4.78, 5) is 38.6. The maximum atomic E-state index is 12.2. The van der Waals surface area contributed by atoms with Gasteiger partial charge in [0, 0.05) is 43.9 Å². The highest BCUT2D eigenvalue weighted by Gasteiger charge is 2.41. The van der Waals surface area contributed by atoms with Crippen LogP contribution in [0.15, 0.2) is 18.2 Å². The van der Waals surface area contributed by atoms with Crippen LogP contribution in [0, 0.1) is 0 Å². The molecule has 2 amide bonds. The van der Waals surface area contributed by atoms with Gasteiger partial charge in [-0.25, -0.2) is 4.79 Å². The van der Waals surface area contributed by atoms with Crippen molar-refractivity contribution in [2.24, 2.45) is 0 Å². The largest absolute Gasteiger partial charge is 0.465 e. The number of carbonyl (C=O) groups is 3. The van der Waals surface area contributed by atoms with E-state index in [0.29, 0.717) is 22.0 Å². The van der Waals surface area contributed by atoms with Crippen LogP contribution in [0.5, 0.6) is 0 Å². The van der Waals surface area contributed by atoms with Gasteiger partial charge >= 0.3 is 6.09 Å². The standard InChI is InChI=1S/C20H28Cl2N2O4/c1-6-17(26)23(5)12-20(9-10-25,13-24(18(27)28)19(2,3)4)14-7-8-15(21)16(22)11-14/h7-8,10-11H,6,9,12-13H2,1-5H3,(H,27,28). The Morgan fingerprint density at radius 2 is 1.75 bits per heavy atom. The Morgan fingerprint density at radius 1 is 1.14 bits per heavy atom. The minimum Gasteiger partial charge on any atom is -0.465 e. The zero-order chi connectivity index (χ0) is 21.7. The Labute approximate surface area is 176 Å². The van der Waals surface area contributed by atoms with Crippen molar-refractivity contribution in [3.63, 3.8) is 0 Å². The van der Waals surface area contributed by atoms with Gasteiger partial charge in [-0.05, 0) is 38.5 Å². The van der Waals surface area contributed by atoms with Crippen molar-refractivity contribution in [1.29, 1.82) is 0 Å². The molecule has 0 heterocycles. The summed E-state index contributed by atoms with van der Waals surface area (Å²) in [5, 5.41) is 10.4. The lowest BCUT2D eigenvalue weighted by molar-refractivity contribution is -0.131. The maximum Gasteiger partial charge on any atom is 0.407 e. The fraction of sp³-hybridized carbons (Fsp3) is 0.550. The van der Waals surface area contributed by atoms with Gasteiger partial charge in [0.05, 0.1) is 10.0 Å². The monoisotopic (exact) mass is 430 g/mol. The molecule has 0 aliphatic rings. The average molecular weight is 431 g/mol. The van der Waals surface area contributed by atoms with E-state index in [1.165, 1.54) is 9.80 Å². The van der Waals surface area contributed by atoms with Crippen molar-refractivity contribution in [2.45, 2.75) is 51.5 Å². The lowest BCUT2D eigenvalue weighted by atomic mass is 9.76. The van der Waals surface area contributed by atoms with Gasteiger partial charge in [0.1, 0.15) is 6.29 Å². The Hall–Kier alpha value is -1.79. The normalized spacial score (nSPS) is 13.5. The van der Waals surface area contributed by atoms with Gasteiger partial charge in [0.25, 0.3) is 0 Å². The summed E-state index contributed by atoms with van der Waals surface area (Å²) in [6, 6.07) is 4.98. The van der Waals surface area contributed by atoms with Crippen LogP contribution in [0.25, 0.3) is 0 Å². The van der Waals surface area contributed by atoms with E-state index < -0.39 is 17.0 Å². The lowest BCUT2D eigenvalue weighted by Gasteiger charge is -2.44. The maximum absolute atomic E-state index is 12.2. The molecule has 0 aliphatic heterocycles. The molecule has 0 aromatic heterocycles. The van der Waals surface area contributed by atoms with Crippen LogP contribution >= 0.6 is 23.2 Å². The van der Waals surface area contributed by atoms with Crippen molar-refractivity contribution in [1.82, 2.24) is 9.80 Å². The molecule has 156 valence electrons. The molecule has 0 saturated carbocycles. The van der Waals surface area contributed by atoms with Crippen molar-refractivity contribution >= 4 is 41.5 Å². The highest BCUT2D eigenvalue weighted by Crippen LogP contribution is 2.35. The first-order valence-corrected chi connectivity index (χ1v) is 9.77. The molecule has 0 saturated heterocycles. The van der Waals surface area contributed by atoms with Crippen LogP contribution in [-0.2, 0) is 15.0 Å². The molecule has 28 heavy (non-hydrogen) atoms. The number of rotatable bonds is 8. The van der Waals surface area contributed by atoms with E-state index in [1.807, 2.05) is 0 Å². The predicted molar refractivity (Wildman–Crippen MR) is 111 cm³/mol. The highest BCUT2D eigenvalue weighted by atomic mass is 35.5. The van der Waals surface area contributed by atoms with E-state index in [9.17, 15) is 19.5 Å². The molecule has 0 bridgehead atoms. The molecule has 0 spiro atoms. The van der Waals surface area contributed by atoms with Crippen LogP contribution in [0.4, 0.5) is 4.79 Å². The predicted octanol–water partition coefficient (Wildman–Crippen LogP) is 4.47. The minimum atomic E-state index is -1.10. The number of amides is 2. The van der Waals surface area contributed by atoms with E-state index in [4.69, 9.17) is 23.2 Å². The number of aldehydes is 1. The molecule has 6 nitrogen and oxygen atoms in total. The molecule has 1 N–H and O–H groups in total. The Bertz CT molecular complexity index is 733. The summed E-state index contributed by atoms with van der Waals surface area (Å²) in [6.45, 7) is 7.27. The van der Waals surface area contributed by atoms with Gasteiger partial charge in [0.15, 0.2) is 0 Å². The first-order chi connectivity index (χ1) is 12.9. The summed E-state index contributed by atoms with van der Waals surface area (Å²) in [6.07, 6.45) is -0.0363. The molecule has 1 atom stereocenters. The van der Waals surface area contributed by atoms with E-state index in [1.54, 1.807) is 52.9 Å². The number of carbonyl (C=O) groups excluding carboxylic acids is 2. The topological polar surface area (TPSA) is 77.9 Å². The van der Waals surface area contributed by atoms with Gasteiger partial charge in [-0.1, -0.05) is 36.2 Å². The first-order valence-electron chi connectivity index (χ1n) is 9.01. The third kappa shape index (κ3) is 5.85. The van der Waals surface area contributed by atoms with Gasteiger partial charge in [0.2, 0.25) is 5.91 Å². The van der Waals surface area contributed by atoms with Crippen LogP contribution in [0.2, 0.25) is 10.0 Å². The number of carboxylic acid groups (broad SMARTS) is 1. The SMILES string of the molecule is CCC(=O)N(C)CC(CC=O)(CN(C(=O)O)C(C)(C)C)c1ccc(Cl)c(Cl)c1. The van der Waals surface area contributed by atoms with Crippen molar-refractivity contribution < 1.29 is 19.5 Å². The second kappa shape index (κ2) is 9.61. The van der Waals surface area contributed by atoms with Gasteiger partial charge in [-0.2, -0.15) is 0 Å². The molecule has 1 unspecified atom stereocenters.